The van der Waals surface area contributed by atoms with Crippen LogP contribution in [0.15, 0.2) is 48.8 Å². The number of anilines is 2. The Kier molecular flexibility index (Phi) is 4.58. The SMILES string of the molecule is CN(C)c1cccc2ncn(CC(=O)Nc3cccc(C(F)(F)F)c3)c12. The molecule has 26 heavy (non-hydrogen) atoms. The summed E-state index contributed by atoms with van der Waals surface area (Å²) in [5.41, 5.74) is 1.71. The molecule has 1 N–H and O–H groups in total. The van der Waals surface area contributed by atoms with Gasteiger partial charge in [-0.05, 0) is 30.3 Å². The van der Waals surface area contributed by atoms with Gasteiger partial charge in [0.25, 0.3) is 0 Å². The van der Waals surface area contributed by atoms with E-state index in [0.29, 0.717) is 0 Å². The smallest absolute Gasteiger partial charge is 0.376 e. The molecule has 0 saturated heterocycles. The van der Waals surface area contributed by atoms with E-state index in [1.54, 1.807) is 10.9 Å². The van der Waals surface area contributed by atoms with Gasteiger partial charge in [-0.25, -0.2) is 4.98 Å². The predicted octanol–water partition coefficient (Wildman–Crippen LogP) is 3.76. The number of alkyl halides is 3. The summed E-state index contributed by atoms with van der Waals surface area (Å²) in [5.74, 6) is -0.433. The third-order valence-electron chi connectivity index (χ3n) is 3.89. The molecule has 8 heteroatoms. The van der Waals surface area contributed by atoms with Crippen molar-refractivity contribution in [3.63, 3.8) is 0 Å². The van der Waals surface area contributed by atoms with Gasteiger partial charge in [-0.3, -0.25) is 4.79 Å². The first-order chi connectivity index (χ1) is 12.3. The molecule has 0 atom stereocenters. The van der Waals surface area contributed by atoms with Crippen LogP contribution in [0.25, 0.3) is 11.0 Å². The molecule has 2 aromatic carbocycles. The maximum atomic E-state index is 12.8. The predicted molar refractivity (Wildman–Crippen MR) is 94.1 cm³/mol. The average Bonchev–Trinajstić information content (AvgIpc) is 2.97. The molecule has 0 bridgehead atoms. The molecule has 1 amide bonds. The second-order valence-corrected chi connectivity index (χ2v) is 6.04. The first-order valence-electron chi connectivity index (χ1n) is 7.84. The fraction of sp³-hybridized carbons (Fsp3) is 0.222. The summed E-state index contributed by atoms with van der Waals surface area (Å²) in [6.45, 7) is -0.0579. The zero-order valence-electron chi connectivity index (χ0n) is 14.2. The topological polar surface area (TPSA) is 50.2 Å². The minimum absolute atomic E-state index is 0.0579. The van der Waals surface area contributed by atoms with Gasteiger partial charge < -0.3 is 14.8 Å². The first-order valence-corrected chi connectivity index (χ1v) is 7.84. The number of aromatic nitrogens is 2. The molecule has 0 unspecified atom stereocenters. The average molecular weight is 362 g/mol. The Labute approximate surface area is 148 Å². The second kappa shape index (κ2) is 6.70. The highest BCUT2D eigenvalue weighted by atomic mass is 19.4. The quantitative estimate of drug-likeness (QED) is 0.769. The van der Waals surface area contributed by atoms with Crippen molar-refractivity contribution in [2.75, 3.05) is 24.3 Å². The largest absolute Gasteiger partial charge is 0.416 e. The Morgan fingerprint density at radius 2 is 1.92 bits per heavy atom. The first kappa shape index (κ1) is 17.8. The van der Waals surface area contributed by atoms with Gasteiger partial charge in [-0.15, -0.1) is 0 Å². The van der Waals surface area contributed by atoms with Gasteiger partial charge in [-0.2, -0.15) is 13.2 Å². The number of carbonyl (C=O) groups is 1. The lowest BCUT2D eigenvalue weighted by molar-refractivity contribution is -0.137. The van der Waals surface area contributed by atoms with Crippen LogP contribution in [-0.2, 0) is 17.5 Å². The van der Waals surface area contributed by atoms with Gasteiger partial charge in [0, 0.05) is 19.8 Å². The Bertz CT molecular complexity index is 947. The highest BCUT2D eigenvalue weighted by molar-refractivity contribution is 5.94. The molecule has 0 fully saturated rings. The van der Waals surface area contributed by atoms with Gasteiger partial charge in [0.2, 0.25) is 5.91 Å². The van der Waals surface area contributed by atoms with Crippen LogP contribution in [0.5, 0.6) is 0 Å². The Balaban J connectivity index is 1.82. The lowest BCUT2D eigenvalue weighted by Crippen LogP contribution is -2.19. The minimum Gasteiger partial charge on any atom is -0.376 e. The highest BCUT2D eigenvalue weighted by Gasteiger charge is 2.30. The third kappa shape index (κ3) is 3.63. The summed E-state index contributed by atoms with van der Waals surface area (Å²) in [5, 5.41) is 2.50. The van der Waals surface area contributed by atoms with Crippen molar-refractivity contribution < 1.29 is 18.0 Å². The van der Waals surface area contributed by atoms with Crippen molar-refractivity contribution in [1.82, 2.24) is 9.55 Å². The van der Waals surface area contributed by atoms with Gasteiger partial charge in [0.15, 0.2) is 0 Å². The van der Waals surface area contributed by atoms with Crippen molar-refractivity contribution in [1.29, 1.82) is 0 Å². The van der Waals surface area contributed by atoms with E-state index in [9.17, 15) is 18.0 Å². The van der Waals surface area contributed by atoms with Crippen molar-refractivity contribution >= 4 is 28.3 Å². The fourth-order valence-corrected chi connectivity index (χ4v) is 2.72. The van der Waals surface area contributed by atoms with Crippen molar-refractivity contribution in [2.45, 2.75) is 12.7 Å². The lowest BCUT2D eigenvalue weighted by Gasteiger charge is -2.15. The molecule has 5 nitrogen and oxygen atoms in total. The number of halogens is 3. The molecule has 0 aliphatic heterocycles. The number of rotatable bonds is 4. The summed E-state index contributed by atoms with van der Waals surface area (Å²) in [4.78, 5) is 18.5. The van der Waals surface area contributed by atoms with Gasteiger partial charge >= 0.3 is 6.18 Å². The molecular formula is C18H17F3N4O. The van der Waals surface area contributed by atoms with Crippen LogP contribution in [0.1, 0.15) is 5.56 Å². The van der Waals surface area contributed by atoms with Crippen LogP contribution in [0, 0.1) is 0 Å². The van der Waals surface area contributed by atoms with E-state index in [-0.39, 0.29) is 12.2 Å². The summed E-state index contributed by atoms with van der Waals surface area (Å²) >= 11 is 0. The normalized spacial score (nSPS) is 11.6. The van der Waals surface area contributed by atoms with Crippen LogP contribution < -0.4 is 10.2 Å². The molecule has 0 aliphatic carbocycles. The van der Waals surface area contributed by atoms with Crippen molar-refractivity contribution in [2.24, 2.45) is 0 Å². The Morgan fingerprint density at radius 3 is 2.62 bits per heavy atom. The molecule has 0 saturated carbocycles. The van der Waals surface area contributed by atoms with E-state index >= 15 is 0 Å². The number of benzene rings is 2. The van der Waals surface area contributed by atoms with Gasteiger partial charge in [0.05, 0.1) is 28.6 Å². The molecule has 0 radical (unpaired) electrons. The van der Waals surface area contributed by atoms with E-state index in [1.165, 1.54) is 12.1 Å². The zero-order chi connectivity index (χ0) is 18.9. The van der Waals surface area contributed by atoms with E-state index in [4.69, 9.17) is 0 Å². The highest BCUT2D eigenvalue weighted by Crippen LogP contribution is 2.30. The summed E-state index contributed by atoms with van der Waals surface area (Å²) in [6.07, 6.45) is -2.91. The van der Waals surface area contributed by atoms with Crippen molar-refractivity contribution in [3.8, 4) is 0 Å². The van der Waals surface area contributed by atoms with Gasteiger partial charge in [-0.1, -0.05) is 12.1 Å². The minimum atomic E-state index is -4.46. The number of amides is 1. The lowest BCUT2D eigenvalue weighted by atomic mass is 10.2. The van der Waals surface area contributed by atoms with E-state index in [1.807, 2.05) is 37.2 Å². The molecule has 3 rings (SSSR count). The maximum absolute atomic E-state index is 12.8. The summed E-state index contributed by atoms with van der Waals surface area (Å²) in [6, 6.07) is 10.2. The fourth-order valence-electron chi connectivity index (χ4n) is 2.72. The number of hydrogen-bond acceptors (Lipinski definition) is 3. The molecule has 0 aliphatic rings. The number of nitrogens with zero attached hydrogens (tertiary/aromatic N) is 3. The molecule has 0 spiro atoms. The monoisotopic (exact) mass is 362 g/mol. The van der Waals surface area contributed by atoms with E-state index < -0.39 is 17.6 Å². The number of carbonyl (C=O) groups excluding carboxylic acids is 1. The van der Waals surface area contributed by atoms with Crippen LogP contribution in [0.2, 0.25) is 0 Å². The number of para-hydroxylation sites is 1. The molecule has 136 valence electrons. The number of fused-ring (bicyclic) bond motifs is 1. The Morgan fingerprint density at radius 1 is 1.19 bits per heavy atom. The number of imidazole rings is 1. The standard InChI is InChI=1S/C18H17F3N4O/c1-24(2)15-8-4-7-14-17(15)25(11-22-14)10-16(26)23-13-6-3-5-12(9-13)18(19,20)21/h3-9,11H,10H2,1-2H3,(H,23,26). The molecular weight excluding hydrogens is 345 g/mol. The van der Waals surface area contributed by atoms with Crippen LogP contribution in [-0.4, -0.2) is 29.6 Å². The van der Waals surface area contributed by atoms with Crippen LogP contribution >= 0.6 is 0 Å². The Hall–Kier alpha value is -3.03. The van der Waals surface area contributed by atoms with Gasteiger partial charge in [0.1, 0.15) is 6.54 Å². The second-order valence-electron chi connectivity index (χ2n) is 6.04. The summed E-state index contributed by atoms with van der Waals surface area (Å²) < 4.78 is 40.0. The number of nitrogens with one attached hydrogen (secondary N) is 1. The maximum Gasteiger partial charge on any atom is 0.416 e. The zero-order valence-corrected chi connectivity index (χ0v) is 14.2. The van der Waals surface area contributed by atoms with Crippen LogP contribution in [0.3, 0.4) is 0 Å². The van der Waals surface area contributed by atoms with Crippen molar-refractivity contribution in [3.05, 3.63) is 54.4 Å². The number of hydrogen-bond donors (Lipinski definition) is 1. The third-order valence-corrected chi connectivity index (χ3v) is 3.89. The summed E-state index contributed by atoms with van der Waals surface area (Å²) in [7, 11) is 3.77. The van der Waals surface area contributed by atoms with E-state index in [0.717, 1.165) is 28.9 Å². The molecule has 1 aromatic heterocycles. The molecule has 3 aromatic rings. The van der Waals surface area contributed by atoms with Crippen LogP contribution in [0.4, 0.5) is 24.5 Å². The molecule has 1 heterocycles. The van der Waals surface area contributed by atoms with E-state index in [2.05, 4.69) is 10.3 Å².